The molecule has 0 aliphatic carbocycles. The molecule has 160 valence electrons. The summed E-state index contributed by atoms with van der Waals surface area (Å²) in [5.74, 6) is 0.486. The molecule has 0 saturated heterocycles. The van der Waals surface area contributed by atoms with E-state index in [-0.39, 0.29) is 4.90 Å². The number of nitrogens with zero attached hydrogens (tertiary/aromatic N) is 1. The van der Waals surface area contributed by atoms with Crippen molar-refractivity contribution in [3.8, 4) is 0 Å². The monoisotopic (exact) mass is 418 g/mol. The molecule has 0 amide bonds. The summed E-state index contributed by atoms with van der Waals surface area (Å²) < 4.78 is 29.6. The molecule has 0 aliphatic heterocycles. The van der Waals surface area contributed by atoms with E-state index in [2.05, 4.69) is 16.9 Å². The molecule has 0 spiro atoms. The lowest BCUT2D eigenvalue weighted by Crippen LogP contribution is -2.18. The van der Waals surface area contributed by atoms with Gasteiger partial charge in [0.25, 0.3) is 10.0 Å². The van der Waals surface area contributed by atoms with Gasteiger partial charge in [0, 0.05) is 0 Å². The summed E-state index contributed by atoms with van der Waals surface area (Å²) in [7, 11) is -3.66. The van der Waals surface area contributed by atoms with E-state index in [0.29, 0.717) is 5.76 Å². The Balaban J connectivity index is 1.63. The van der Waals surface area contributed by atoms with Gasteiger partial charge in [-0.25, -0.2) is 0 Å². The Labute approximate surface area is 175 Å². The van der Waals surface area contributed by atoms with Crippen molar-refractivity contribution in [1.29, 1.82) is 0 Å². The topological polar surface area (TPSA) is 71.7 Å². The summed E-state index contributed by atoms with van der Waals surface area (Å²) in [4.78, 5) is 2.41. The van der Waals surface area contributed by atoms with Crippen molar-refractivity contribution in [2.75, 3.05) is 0 Å². The number of hydrogen-bond donors (Lipinski definition) is 1. The van der Waals surface area contributed by atoms with E-state index in [1.165, 1.54) is 75.8 Å². The molecular weight excluding hydrogens is 384 g/mol. The van der Waals surface area contributed by atoms with E-state index in [9.17, 15) is 8.42 Å². The van der Waals surface area contributed by atoms with Crippen molar-refractivity contribution in [3.63, 3.8) is 0 Å². The molecule has 0 unspecified atom stereocenters. The Morgan fingerprint density at radius 3 is 2.10 bits per heavy atom. The second-order valence-electron chi connectivity index (χ2n) is 7.44. The molecule has 0 bridgehead atoms. The molecule has 0 fully saturated rings. The minimum Gasteiger partial charge on any atom is -0.463 e. The third kappa shape index (κ3) is 9.31. The lowest BCUT2D eigenvalue weighted by atomic mass is 10.0. The van der Waals surface area contributed by atoms with Crippen LogP contribution in [0.15, 0.2) is 57.1 Å². The lowest BCUT2D eigenvalue weighted by molar-refractivity contribution is 0.556. The Kier molecular flexibility index (Phi) is 10.6. The predicted octanol–water partition coefficient (Wildman–Crippen LogP) is 6.06. The molecule has 1 aromatic heterocycles. The first-order valence-electron chi connectivity index (χ1n) is 10.8. The van der Waals surface area contributed by atoms with Gasteiger partial charge in [-0.1, -0.05) is 76.8 Å². The van der Waals surface area contributed by atoms with Crippen LogP contribution in [0, 0.1) is 0 Å². The highest BCUT2D eigenvalue weighted by atomic mass is 32.2. The van der Waals surface area contributed by atoms with E-state index < -0.39 is 10.0 Å². The van der Waals surface area contributed by atoms with Gasteiger partial charge in [0.15, 0.2) is 0 Å². The molecule has 0 aliphatic rings. The number of benzene rings is 1. The van der Waals surface area contributed by atoms with Crippen LogP contribution < -0.4 is 4.83 Å². The first kappa shape index (κ1) is 23.2. The van der Waals surface area contributed by atoms with Crippen LogP contribution in [0.2, 0.25) is 0 Å². The molecule has 5 nitrogen and oxygen atoms in total. The average molecular weight is 419 g/mol. The largest absolute Gasteiger partial charge is 0.463 e. The number of nitrogens with one attached hydrogen (secondary N) is 1. The minimum absolute atomic E-state index is 0.209. The van der Waals surface area contributed by atoms with E-state index in [4.69, 9.17) is 4.42 Å². The Morgan fingerprint density at radius 2 is 1.52 bits per heavy atom. The summed E-state index contributed by atoms with van der Waals surface area (Å²) in [5.41, 5.74) is 1.17. The fourth-order valence-corrected chi connectivity index (χ4v) is 4.02. The standard InChI is InChI=1S/C23H34N2O3S/c1-2-3-4-5-6-7-8-9-10-11-13-21-15-17-23(18-16-21)29(26,27)25-24-20-22-14-12-19-28-22/h12,14-20,25H,2-11,13H2,1H3. The summed E-state index contributed by atoms with van der Waals surface area (Å²) in [6, 6.07) is 10.5. The highest BCUT2D eigenvalue weighted by Gasteiger charge is 2.12. The second-order valence-corrected chi connectivity index (χ2v) is 9.11. The molecular formula is C23H34N2O3S. The van der Waals surface area contributed by atoms with E-state index in [1.54, 1.807) is 24.3 Å². The minimum atomic E-state index is -3.66. The van der Waals surface area contributed by atoms with Crippen LogP contribution >= 0.6 is 0 Å². The maximum atomic E-state index is 12.3. The summed E-state index contributed by atoms with van der Waals surface area (Å²) in [6.45, 7) is 2.25. The van der Waals surface area contributed by atoms with Gasteiger partial charge in [0.2, 0.25) is 0 Å². The van der Waals surface area contributed by atoms with Gasteiger partial charge in [-0.2, -0.15) is 18.4 Å². The van der Waals surface area contributed by atoms with Gasteiger partial charge in [-0.05, 0) is 42.7 Å². The van der Waals surface area contributed by atoms with Crippen molar-refractivity contribution in [3.05, 3.63) is 54.0 Å². The summed E-state index contributed by atoms with van der Waals surface area (Å²) >= 11 is 0. The number of hydrazone groups is 1. The highest BCUT2D eigenvalue weighted by molar-refractivity contribution is 7.89. The summed E-state index contributed by atoms with van der Waals surface area (Å²) in [6.07, 6.45) is 17.0. The Bertz CT molecular complexity index is 797. The molecule has 29 heavy (non-hydrogen) atoms. The molecule has 2 rings (SSSR count). The molecule has 0 atom stereocenters. The van der Waals surface area contributed by atoms with Crippen molar-refractivity contribution in [2.45, 2.75) is 82.4 Å². The quantitative estimate of drug-likeness (QED) is 0.217. The molecule has 0 radical (unpaired) electrons. The van der Waals surface area contributed by atoms with Crippen LogP contribution in [0.25, 0.3) is 0 Å². The third-order valence-corrected chi connectivity index (χ3v) is 6.20. The normalized spacial score (nSPS) is 11.9. The average Bonchev–Trinajstić information content (AvgIpc) is 3.23. The van der Waals surface area contributed by atoms with Crippen LogP contribution in [-0.2, 0) is 16.4 Å². The second kappa shape index (κ2) is 13.2. The molecule has 2 aromatic rings. The number of hydrogen-bond acceptors (Lipinski definition) is 4. The Hall–Kier alpha value is -2.08. The van der Waals surface area contributed by atoms with Crippen molar-refractivity contribution >= 4 is 16.2 Å². The number of rotatable bonds is 15. The SMILES string of the molecule is CCCCCCCCCCCCc1ccc(S(=O)(=O)NN=Cc2ccco2)cc1. The number of sulfonamides is 1. The third-order valence-electron chi connectivity index (χ3n) is 4.96. The van der Waals surface area contributed by atoms with Crippen molar-refractivity contribution < 1.29 is 12.8 Å². The highest BCUT2D eigenvalue weighted by Crippen LogP contribution is 2.15. The van der Waals surface area contributed by atoms with E-state index in [0.717, 1.165) is 12.8 Å². The first-order chi connectivity index (χ1) is 14.1. The molecule has 0 saturated carbocycles. The van der Waals surface area contributed by atoms with Gasteiger partial charge >= 0.3 is 0 Å². The number of furan rings is 1. The van der Waals surface area contributed by atoms with Crippen LogP contribution in [0.5, 0.6) is 0 Å². The molecule has 1 aromatic carbocycles. The maximum Gasteiger partial charge on any atom is 0.276 e. The lowest BCUT2D eigenvalue weighted by Gasteiger charge is -2.06. The van der Waals surface area contributed by atoms with Crippen LogP contribution in [0.4, 0.5) is 0 Å². The van der Waals surface area contributed by atoms with Gasteiger partial charge < -0.3 is 4.42 Å². The fraction of sp³-hybridized carbons (Fsp3) is 0.522. The van der Waals surface area contributed by atoms with Crippen molar-refractivity contribution in [1.82, 2.24) is 4.83 Å². The Morgan fingerprint density at radius 1 is 0.897 bits per heavy atom. The zero-order chi connectivity index (χ0) is 20.8. The fourth-order valence-electron chi connectivity index (χ4n) is 3.23. The van der Waals surface area contributed by atoms with Crippen molar-refractivity contribution in [2.24, 2.45) is 5.10 Å². The zero-order valence-corrected chi connectivity index (χ0v) is 18.3. The van der Waals surface area contributed by atoms with Gasteiger partial charge in [0.05, 0.1) is 17.4 Å². The molecule has 6 heteroatoms. The van der Waals surface area contributed by atoms with Gasteiger partial charge in [-0.15, -0.1) is 0 Å². The molecule has 1 heterocycles. The molecule has 1 N–H and O–H groups in total. The van der Waals surface area contributed by atoms with Gasteiger partial charge in [-0.3, -0.25) is 0 Å². The van der Waals surface area contributed by atoms with E-state index >= 15 is 0 Å². The van der Waals surface area contributed by atoms with Gasteiger partial charge in [0.1, 0.15) is 5.76 Å². The zero-order valence-electron chi connectivity index (χ0n) is 17.5. The van der Waals surface area contributed by atoms with Crippen LogP contribution in [0.3, 0.4) is 0 Å². The van der Waals surface area contributed by atoms with Crippen LogP contribution in [-0.4, -0.2) is 14.6 Å². The smallest absolute Gasteiger partial charge is 0.276 e. The first-order valence-corrected chi connectivity index (χ1v) is 12.3. The predicted molar refractivity (Wildman–Crippen MR) is 119 cm³/mol. The van der Waals surface area contributed by atoms with E-state index in [1.807, 2.05) is 12.1 Å². The van der Waals surface area contributed by atoms with Crippen LogP contribution in [0.1, 0.15) is 82.5 Å². The summed E-state index contributed by atoms with van der Waals surface area (Å²) in [5, 5.41) is 3.73. The number of unbranched alkanes of at least 4 members (excludes halogenated alkanes) is 9. The number of aryl methyl sites for hydroxylation is 1. The maximum absolute atomic E-state index is 12.3.